The van der Waals surface area contributed by atoms with Crippen molar-refractivity contribution in [1.82, 2.24) is 5.48 Å². The average molecular weight is 345 g/mol. The van der Waals surface area contributed by atoms with Gasteiger partial charge in [0.1, 0.15) is 5.75 Å². The maximum atomic E-state index is 11.6. The van der Waals surface area contributed by atoms with E-state index in [1.165, 1.54) is 0 Å². The van der Waals surface area contributed by atoms with E-state index in [0.29, 0.717) is 18.6 Å². The highest BCUT2D eigenvalue weighted by Crippen LogP contribution is 2.41. The van der Waals surface area contributed by atoms with E-state index in [-0.39, 0.29) is 13.0 Å². The zero-order valence-electron chi connectivity index (χ0n) is 13.5. The molecule has 0 fully saturated rings. The van der Waals surface area contributed by atoms with Gasteiger partial charge in [0.05, 0.1) is 13.7 Å². The normalized spacial score (nSPS) is 13.3. The van der Waals surface area contributed by atoms with Gasteiger partial charge in [-0.1, -0.05) is 31.9 Å². The van der Waals surface area contributed by atoms with Crippen LogP contribution in [0, 0.1) is 0 Å². The lowest BCUT2D eigenvalue weighted by Gasteiger charge is -2.12. The molecule has 130 valence electrons. The number of rotatable bonds is 11. The van der Waals surface area contributed by atoms with Gasteiger partial charge in [-0.05, 0) is 30.5 Å². The van der Waals surface area contributed by atoms with Crippen LogP contribution in [0.4, 0.5) is 0 Å². The SMILES string of the molecule is CCCCCC(=O)NOP(=O)(O)OCCc1cccc(OC)c1. The number of unbranched alkanes of at least 4 members (excludes halogenated alkanes) is 2. The maximum Gasteiger partial charge on any atom is 0.493 e. The van der Waals surface area contributed by atoms with Crippen LogP contribution in [0.25, 0.3) is 0 Å². The predicted molar refractivity (Wildman–Crippen MR) is 85.8 cm³/mol. The lowest BCUT2D eigenvalue weighted by atomic mass is 10.1. The molecule has 0 bridgehead atoms. The molecule has 0 saturated heterocycles. The van der Waals surface area contributed by atoms with E-state index in [9.17, 15) is 14.3 Å². The van der Waals surface area contributed by atoms with Crippen molar-refractivity contribution in [1.29, 1.82) is 0 Å². The molecule has 0 spiro atoms. The summed E-state index contributed by atoms with van der Waals surface area (Å²) in [5.41, 5.74) is 2.85. The molecule has 0 aliphatic rings. The quantitative estimate of drug-likeness (QED) is 0.364. The van der Waals surface area contributed by atoms with Crippen molar-refractivity contribution in [2.24, 2.45) is 0 Å². The fraction of sp³-hybridized carbons (Fsp3) is 0.533. The largest absolute Gasteiger partial charge is 0.497 e. The number of methoxy groups -OCH3 is 1. The summed E-state index contributed by atoms with van der Waals surface area (Å²) in [5, 5.41) is 0. The van der Waals surface area contributed by atoms with Crippen molar-refractivity contribution in [3.63, 3.8) is 0 Å². The summed E-state index contributed by atoms with van der Waals surface area (Å²) in [4.78, 5) is 20.9. The van der Waals surface area contributed by atoms with E-state index >= 15 is 0 Å². The Bertz CT molecular complexity index is 536. The first-order valence-electron chi connectivity index (χ1n) is 7.54. The number of nitrogens with one attached hydrogen (secondary N) is 1. The molecule has 0 radical (unpaired) electrons. The van der Waals surface area contributed by atoms with Crippen LogP contribution in [0.1, 0.15) is 38.2 Å². The molecule has 1 aromatic rings. The molecule has 0 aromatic heterocycles. The third kappa shape index (κ3) is 8.71. The summed E-state index contributed by atoms with van der Waals surface area (Å²) in [6.07, 6.45) is 3.27. The van der Waals surface area contributed by atoms with E-state index < -0.39 is 13.7 Å². The molecular weight excluding hydrogens is 321 g/mol. The number of carbonyl (C=O) groups is 1. The molecule has 23 heavy (non-hydrogen) atoms. The summed E-state index contributed by atoms with van der Waals surface area (Å²) >= 11 is 0. The fourth-order valence-corrected chi connectivity index (χ4v) is 2.42. The minimum absolute atomic E-state index is 0.0212. The molecule has 1 rings (SSSR count). The van der Waals surface area contributed by atoms with Crippen LogP contribution in [0.5, 0.6) is 5.75 Å². The number of phosphoric ester groups is 1. The van der Waals surface area contributed by atoms with Gasteiger partial charge in [-0.25, -0.2) is 10.0 Å². The Kier molecular flexibility index (Phi) is 8.87. The maximum absolute atomic E-state index is 11.6. The molecule has 1 amide bonds. The number of carbonyl (C=O) groups excluding carboxylic acids is 1. The van der Waals surface area contributed by atoms with Gasteiger partial charge < -0.3 is 9.63 Å². The first kappa shape index (κ1) is 19.6. The molecular formula is C15H24NO6P. The molecule has 8 heteroatoms. The third-order valence-electron chi connectivity index (χ3n) is 3.06. The Morgan fingerprint density at radius 3 is 2.83 bits per heavy atom. The number of phosphoric acid groups is 1. The van der Waals surface area contributed by atoms with E-state index in [0.717, 1.165) is 18.4 Å². The van der Waals surface area contributed by atoms with Crippen LogP contribution in [-0.2, 0) is 24.9 Å². The second kappa shape index (κ2) is 10.4. The standard InChI is InChI=1S/C15H24NO6P/c1-3-4-5-9-15(17)16-22-23(18,19)21-11-10-13-7-6-8-14(12-13)20-2/h6-8,12H,3-5,9-11H2,1-2H3,(H,16,17)(H,18,19). The number of ether oxygens (including phenoxy) is 1. The van der Waals surface area contributed by atoms with Crippen LogP contribution in [-0.4, -0.2) is 24.5 Å². The minimum atomic E-state index is -4.30. The molecule has 1 atom stereocenters. The second-order valence-electron chi connectivity index (χ2n) is 4.98. The summed E-state index contributed by atoms with van der Waals surface area (Å²) in [7, 11) is -2.74. The van der Waals surface area contributed by atoms with Crippen LogP contribution < -0.4 is 10.2 Å². The molecule has 7 nitrogen and oxygen atoms in total. The Balaban J connectivity index is 2.29. The van der Waals surface area contributed by atoms with E-state index in [1.807, 2.05) is 30.6 Å². The Hall–Kier alpha value is -1.40. The fourth-order valence-electron chi connectivity index (χ4n) is 1.83. The van der Waals surface area contributed by atoms with Gasteiger partial charge in [0.25, 0.3) is 0 Å². The van der Waals surface area contributed by atoms with Crippen molar-refractivity contribution >= 4 is 13.7 Å². The highest BCUT2D eigenvalue weighted by molar-refractivity contribution is 7.47. The predicted octanol–water partition coefficient (Wildman–Crippen LogP) is 2.98. The van der Waals surface area contributed by atoms with Gasteiger partial charge in [0.15, 0.2) is 0 Å². The van der Waals surface area contributed by atoms with Crippen molar-refractivity contribution in [2.45, 2.75) is 39.0 Å². The van der Waals surface area contributed by atoms with E-state index in [1.54, 1.807) is 13.2 Å². The lowest BCUT2D eigenvalue weighted by molar-refractivity contribution is -0.128. The van der Waals surface area contributed by atoms with Gasteiger partial charge in [0, 0.05) is 6.42 Å². The van der Waals surface area contributed by atoms with Gasteiger partial charge in [-0.2, -0.15) is 4.62 Å². The van der Waals surface area contributed by atoms with Gasteiger partial charge in [-0.15, -0.1) is 0 Å². The smallest absolute Gasteiger partial charge is 0.493 e. The molecule has 0 aliphatic carbocycles. The first-order valence-corrected chi connectivity index (χ1v) is 9.04. The minimum Gasteiger partial charge on any atom is -0.497 e. The first-order chi connectivity index (χ1) is 11.0. The monoisotopic (exact) mass is 345 g/mol. The topological polar surface area (TPSA) is 94.1 Å². The summed E-state index contributed by atoms with van der Waals surface area (Å²) in [6, 6.07) is 7.28. The number of benzene rings is 1. The lowest BCUT2D eigenvalue weighted by Crippen LogP contribution is -2.22. The van der Waals surface area contributed by atoms with Crippen LogP contribution in [0.3, 0.4) is 0 Å². The molecule has 0 aliphatic heterocycles. The van der Waals surface area contributed by atoms with Gasteiger partial charge >= 0.3 is 7.82 Å². The Labute approximate surface area is 136 Å². The highest BCUT2D eigenvalue weighted by atomic mass is 31.2. The number of hydroxylamine groups is 1. The summed E-state index contributed by atoms with van der Waals surface area (Å²) in [5.74, 6) is 0.259. The van der Waals surface area contributed by atoms with Crippen molar-refractivity contribution < 1.29 is 28.1 Å². The molecule has 1 unspecified atom stereocenters. The summed E-state index contributed by atoms with van der Waals surface area (Å²) < 4.78 is 26.0. The molecule has 0 heterocycles. The number of hydrogen-bond donors (Lipinski definition) is 2. The van der Waals surface area contributed by atoms with Crippen molar-refractivity contribution in [2.75, 3.05) is 13.7 Å². The number of hydrogen-bond acceptors (Lipinski definition) is 5. The Morgan fingerprint density at radius 2 is 2.13 bits per heavy atom. The average Bonchev–Trinajstić information content (AvgIpc) is 2.53. The van der Waals surface area contributed by atoms with Crippen molar-refractivity contribution in [3.05, 3.63) is 29.8 Å². The van der Waals surface area contributed by atoms with Crippen LogP contribution in [0.2, 0.25) is 0 Å². The van der Waals surface area contributed by atoms with E-state index in [2.05, 4.69) is 4.62 Å². The van der Waals surface area contributed by atoms with Crippen LogP contribution in [0.15, 0.2) is 24.3 Å². The second-order valence-corrected chi connectivity index (χ2v) is 6.35. The molecule has 0 saturated carbocycles. The molecule has 2 N–H and O–H groups in total. The van der Waals surface area contributed by atoms with E-state index in [4.69, 9.17) is 9.26 Å². The van der Waals surface area contributed by atoms with Gasteiger partial charge in [-0.3, -0.25) is 9.32 Å². The number of amides is 1. The Morgan fingerprint density at radius 1 is 1.35 bits per heavy atom. The highest BCUT2D eigenvalue weighted by Gasteiger charge is 2.22. The third-order valence-corrected chi connectivity index (χ3v) is 3.89. The zero-order valence-corrected chi connectivity index (χ0v) is 14.4. The van der Waals surface area contributed by atoms with Crippen molar-refractivity contribution in [3.8, 4) is 5.75 Å². The van der Waals surface area contributed by atoms with Crippen LogP contribution >= 0.6 is 7.82 Å². The summed E-state index contributed by atoms with van der Waals surface area (Å²) in [6.45, 7) is 2.00. The molecule has 1 aromatic carbocycles. The van der Waals surface area contributed by atoms with Gasteiger partial charge in [0.2, 0.25) is 5.91 Å². The zero-order chi connectivity index (χ0) is 17.1.